The van der Waals surface area contributed by atoms with Gasteiger partial charge in [0.25, 0.3) is 0 Å². The molecule has 11 heteroatoms. The maximum Gasteiger partial charge on any atom is 0.471 e. The lowest BCUT2D eigenvalue weighted by Crippen LogP contribution is -2.49. The molecule has 1 atom stereocenters. The van der Waals surface area contributed by atoms with Gasteiger partial charge in [-0.3, -0.25) is 4.79 Å². The van der Waals surface area contributed by atoms with E-state index in [1.54, 1.807) is 0 Å². The van der Waals surface area contributed by atoms with Gasteiger partial charge in [-0.1, -0.05) is 0 Å². The molecule has 0 aromatic heterocycles. The Balaban J connectivity index is 2.50. The molecule has 1 aliphatic rings. The number of hydrogen-bond acceptors (Lipinski definition) is 4. The van der Waals surface area contributed by atoms with Crippen LogP contribution in [0.4, 0.5) is 13.2 Å². The van der Waals surface area contributed by atoms with Crippen molar-refractivity contribution in [2.24, 2.45) is 0 Å². The summed E-state index contributed by atoms with van der Waals surface area (Å²) in [6.45, 7) is -3.97. The maximum atomic E-state index is 12.2. The lowest BCUT2D eigenvalue weighted by atomic mass is 10.1. The molecule has 1 amide bonds. The van der Waals surface area contributed by atoms with Crippen LogP contribution in [0.1, 0.15) is 12.8 Å². The molecule has 112 valence electrons. The van der Waals surface area contributed by atoms with Crippen LogP contribution in [-0.4, -0.2) is 53.1 Å². The Labute approximate surface area is 112 Å². The number of amides is 1. The first-order valence-electron chi connectivity index (χ1n) is 5.32. The van der Waals surface area contributed by atoms with E-state index < -0.39 is 25.1 Å². The van der Waals surface area contributed by atoms with E-state index >= 15 is 0 Å². The van der Waals surface area contributed by atoms with Crippen LogP contribution in [-0.2, 0) is 14.0 Å². The summed E-state index contributed by atoms with van der Waals surface area (Å²) in [5.41, 5.74) is 0. The normalized spacial score (nSPS) is 22.0. The van der Waals surface area contributed by atoms with E-state index in [0.717, 1.165) is 12.1 Å². The molecule has 1 rings (SSSR count). The largest absolute Gasteiger partial charge is 0.471 e. The number of nitrogens with zero attached hydrogens (tertiary/aromatic N) is 2. The fourth-order valence-corrected chi connectivity index (χ4v) is 2.53. The molecular formula is C8H13ClF3N2O4P. The van der Waals surface area contributed by atoms with E-state index in [-0.39, 0.29) is 25.9 Å². The third-order valence-electron chi connectivity index (χ3n) is 2.75. The highest BCUT2D eigenvalue weighted by atomic mass is 35.7. The van der Waals surface area contributed by atoms with Gasteiger partial charge < -0.3 is 9.79 Å². The minimum absolute atomic E-state index is 0.109. The third kappa shape index (κ3) is 5.27. The molecule has 1 N–H and O–H groups in total. The zero-order valence-corrected chi connectivity index (χ0v) is 11.6. The second-order valence-corrected chi connectivity index (χ2v) is 6.45. The van der Waals surface area contributed by atoms with Crippen LogP contribution < -0.4 is 0 Å². The first-order chi connectivity index (χ1) is 8.50. The number of alkyl halides is 3. The Kier molecular flexibility index (Phi) is 5.25. The molecule has 1 unspecified atom stereocenters. The Bertz CT molecular complexity index is 381. The summed E-state index contributed by atoms with van der Waals surface area (Å²) in [7, 11) is 1.08. The molecule has 1 aliphatic heterocycles. The predicted molar refractivity (Wildman–Crippen MR) is 60.2 cm³/mol. The standard InChI is InChI=1S/C8H13ClF3N2O4P/c1-13(7(15)8(10,11)12)6-2-4-14(5-3-6)18-19(9,16)17/h6H,2-5H2,1H3,(H,16,17). The van der Waals surface area contributed by atoms with Gasteiger partial charge in [0.15, 0.2) is 0 Å². The SMILES string of the molecule is CN(C(=O)C(F)(F)F)C1CCN(OP(=O)(O)Cl)CC1. The van der Waals surface area contributed by atoms with Gasteiger partial charge in [-0.2, -0.15) is 18.2 Å². The first-order valence-corrected chi connectivity index (χ1v) is 7.80. The molecular weight excluding hydrogens is 312 g/mol. The van der Waals surface area contributed by atoms with E-state index in [4.69, 9.17) is 16.1 Å². The average molecular weight is 325 g/mol. The van der Waals surface area contributed by atoms with Gasteiger partial charge >= 0.3 is 19.0 Å². The van der Waals surface area contributed by atoms with Gasteiger partial charge in [-0.05, 0) is 12.8 Å². The number of halogens is 4. The third-order valence-corrected chi connectivity index (χ3v) is 3.37. The number of hydrogen-bond donors (Lipinski definition) is 1. The van der Waals surface area contributed by atoms with Crippen molar-refractivity contribution >= 4 is 24.1 Å². The zero-order chi connectivity index (χ0) is 14.8. The van der Waals surface area contributed by atoms with Gasteiger partial charge in [-0.15, -0.1) is 0 Å². The second kappa shape index (κ2) is 5.97. The van der Waals surface area contributed by atoms with E-state index in [1.807, 2.05) is 0 Å². The van der Waals surface area contributed by atoms with Crippen molar-refractivity contribution in [2.75, 3.05) is 20.1 Å². The summed E-state index contributed by atoms with van der Waals surface area (Å²) in [6, 6.07) is -0.595. The Morgan fingerprint density at radius 1 is 1.47 bits per heavy atom. The van der Waals surface area contributed by atoms with Gasteiger partial charge in [0.2, 0.25) is 0 Å². The highest BCUT2D eigenvalue weighted by molar-refractivity contribution is 7.80. The van der Waals surface area contributed by atoms with Crippen LogP contribution in [0.15, 0.2) is 0 Å². The molecule has 0 aromatic carbocycles. The smallest absolute Gasteiger partial charge is 0.335 e. The molecule has 0 aliphatic carbocycles. The van der Waals surface area contributed by atoms with Crippen LogP contribution in [0.3, 0.4) is 0 Å². The Morgan fingerprint density at radius 2 is 1.95 bits per heavy atom. The van der Waals surface area contributed by atoms with E-state index in [2.05, 4.69) is 4.62 Å². The number of hydroxylamine groups is 2. The molecule has 0 spiro atoms. The van der Waals surface area contributed by atoms with Crippen molar-refractivity contribution in [3.63, 3.8) is 0 Å². The lowest BCUT2D eigenvalue weighted by molar-refractivity contribution is -0.188. The summed E-state index contributed by atoms with van der Waals surface area (Å²) in [4.78, 5) is 20.4. The van der Waals surface area contributed by atoms with Crippen molar-refractivity contribution < 1.29 is 32.0 Å². The summed E-state index contributed by atoms with van der Waals surface area (Å²) in [6.07, 6.45) is -4.52. The number of rotatable bonds is 3. The molecule has 1 saturated heterocycles. The van der Waals surface area contributed by atoms with Crippen molar-refractivity contribution in [3.8, 4) is 0 Å². The van der Waals surface area contributed by atoms with Crippen LogP contribution in [0, 0.1) is 0 Å². The van der Waals surface area contributed by atoms with Crippen molar-refractivity contribution in [1.29, 1.82) is 0 Å². The van der Waals surface area contributed by atoms with Gasteiger partial charge in [0.1, 0.15) is 0 Å². The highest BCUT2D eigenvalue weighted by Gasteiger charge is 2.43. The minimum atomic E-state index is -4.90. The van der Waals surface area contributed by atoms with Gasteiger partial charge in [-0.25, -0.2) is 9.19 Å². The predicted octanol–water partition coefficient (Wildman–Crippen LogP) is 1.74. The summed E-state index contributed by atoms with van der Waals surface area (Å²) in [5, 5.41) is 1.11. The van der Waals surface area contributed by atoms with Crippen molar-refractivity contribution in [2.45, 2.75) is 25.1 Å². The van der Waals surface area contributed by atoms with Gasteiger partial charge in [0.05, 0.1) is 0 Å². The van der Waals surface area contributed by atoms with Crippen molar-refractivity contribution in [3.05, 3.63) is 0 Å². The van der Waals surface area contributed by atoms with Crippen molar-refractivity contribution in [1.82, 2.24) is 9.96 Å². The molecule has 19 heavy (non-hydrogen) atoms. The number of carbonyl (C=O) groups excluding carboxylic acids is 1. The molecule has 0 saturated carbocycles. The monoisotopic (exact) mass is 324 g/mol. The van der Waals surface area contributed by atoms with E-state index in [9.17, 15) is 22.5 Å². The summed E-state index contributed by atoms with van der Waals surface area (Å²) < 4.78 is 52.0. The van der Waals surface area contributed by atoms with Crippen LogP contribution in [0.5, 0.6) is 0 Å². The van der Waals surface area contributed by atoms with Crippen LogP contribution >= 0.6 is 18.2 Å². The quantitative estimate of drug-likeness (QED) is 0.801. The fraction of sp³-hybridized carbons (Fsp3) is 0.875. The molecule has 6 nitrogen and oxygen atoms in total. The average Bonchev–Trinajstić information content (AvgIpc) is 2.24. The van der Waals surface area contributed by atoms with Gasteiger partial charge in [0, 0.05) is 37.4 Å². The second-order valence-electron chi connectivity index (χ2n) is 4.11. The molecule has 1 heterocycles. The first kappa shape index (κ1) is 16.7. The molecule has 1 fully saturated rings. The maximum absolute atomic E-state index is 12.2. The Morgan fingerprint density at radius 3 is 2.32 bits per heavy atom. The van der Waals surface area contributed by atoms with E-state index in [0.29, 0.717) is 4.90 Å². The number of carbonyl (C=O) groups is 1. The molecule has 0 bridgehead atoms. The molecule has 0 aromatic rings. The van der Waals surface area contributed by atoms with Crippen LogP contribution in [0.2, 0.25) is 0 Å². The Hall–Kier alpha value is -0.340. The van der Waals surface area contributed by atoms with Crippen LogP contribution in [0.25, 0.3) is 0 Å². The fourth-order valence-electron chi connectivity index (χ4n) is 1.82. The zero-order valence-electron chi connectivity index (χ0n) is 9.93. The lowest BCUT2D eigenvalue weighted by Gasteiger charge is -2.35. The minimum Gasteiger partial charge on any atom is -0.335 e. The summed E-state index contributed by atoms with van der Waals surface area (Å²) >= 11 is 5.01. The highest BCUT2D eigenvalue weighted by Crippen LogP contribution is 2.48. The topological polar surface area (TPSA) is 70.1 Å². The summed E-state index contributed by atoms with van der Waals surface area (Å²) in [5.74, 6) is -1.91. The molecule has 0 radical (unpaired) electrons. The van der Waals surface area contributed by atoms with E-state index in [1.165, 1.54) is 0 Å². The number of piperidine rings is 1.